The lowest BCUT2D eigenvalue weighted by molar-refractivity contribution is -0.384. The zero-order valence-corrected chi connectivity index (χ0v) is 19.1. The highest BCUT2D eigenvalue weighted by molar-refractivity contribution is 8.05. The number of hydrogen-bond acceptors (Lipinski definition) is 7. The molecule has 0 bridgehead atoms. The van der Waals surface area contributed by atoms with E-state index in [1.54, 1.807) is 12.1 Å². The Morgan fingerprint density at radius 3 is 2.42 bits per heavy atom. The van der Waals surface area contributed by atoms with E-state index >= 15 is 0 Å². The number of carboxylic acids is 1. The summed E-state index contributed by atoms with van der Waals surface area (Å²) in [5.41, 5.74) is 0.496. The number of aliphatic hydroxyl groups is 1. The molecule has 176 valence electrons. The van der Waals surface area contributed by atoms with Crippen LogP contribution in [0.25, 0.3) is 0 Å². The van der Waals surface area contributed by atoms with E-state index in [1.165, 1.54) is 35.4 Å². The number of nitrogens with one attached hydrogen (secondary N) is 1. The highest BCUT2D eigenvalue weighted by atomic mass is 32.2. The molecule has 1 unspecified atom stereocenters. The number of carbonyl (C=O) groups excluding carboxylic acids is 2. The molecular weight excluding hydrogens is 450 g/mol. The van der Waals surface area contributed by atoms with Gasteiger partial charge in [-0.2, -0.15) is 0 Å². The third kappa shape index (κ3) is 4.93. The van der Waals surface area contributed by atoms with Crippen LogP contribution in [0.1, 0.15) is 26.3 Å². The Balaban J connectivity index is 1.94. The molecule has 10 nitrogen and oxygen atoms in total. The van der Waals surface area contributed by atoms with Crippen molar-refractivity contribution in [1.82, 2.24) is 10.2 Å². The van der Waals surface area contributed by atoms with Gasteiger partial charge in [0.05, 0.1) is 23.0 Å². The summed E-state index contributed by atoms with van der Waals surface area (Å²) in [5.74, 6) is -3.28. The van der Waals surface area contributed by atoms with Gasteiger partial charge in [0.25, 0.3) is 5.69 Å². The van der Waals surface area contributed by atoms with Crippen LogP contribution in [0.15, 0.2) is 46.4 Å². The minimum Gasteiger partial charge on any atom is -0.477 e. The smallest absolute Gasteiger partial charge is 0.353 e. The maximum absolute atomic E-state index is 12.7. The number of rotatable bonds is 9. The van der Waals surface area contributed by atoms with Crippen molar-refractivity contribution in [2.45, 2.75) is 45.4 Å². The lowest BCUT2D eigenvalue weighted by Gasteiger charge is -2.47. The van der Waals surface area contributed by atoms with Crippen LogP contribution in [0.5, 0.6) is 0 Å². The van der Waals surface area contributed by atoms with E-state index in [0.29, 0.717) is 11.3 Å². The van der Waals surface area contributed by atoms with Gasteiger partial charge in [-0.3, -0.25) is 19.7 Å². The highest BCUT2D eigenvalue weighted by Gasteiger charge is 2.61. The monoisotopic (exact) mass is 475 g/mol. The molecule has 1 aromatic rings. The van der Waals surface area contributed by atoms with Gasteiger partial charge in [0.15, 0.2) is 0 Å². The normalized spacial score (nSPS) is 23.0. The summed E-state index contributed by atoms with van der Waals surface area (Å²) in [6.45, 7) is 5.12. The summed E-state index contributed by atoms with van der Waals surface area (Å²) in [6.07, 6.45) is 0.634. The maximum atomic E-state index is 12.7. The second-order valence-corrected chi connectivity index (χ2v) is 9.25. The number of amides is 2. The average molecular weight is 476 g/mol. The number of hydrogen-bond donors (Lipinski definition) is 3. The third-order valence-corrected chi connectivity index (χ3v) is 6.60. The molecule has 1 fully saturated rings. The number of non-ortho nitro benzene ring substituents is 1. The van der Waals surface area contributed by atoms with Crippen LogP contribution >= 0.6 is 11.8 Å². The summed E-state index contributed by atoms with van der Waals surface area (Å²) in [6, 6.07) is 5.30. The summed E-state index contributed by atoms with van der Waals surface area (Å²) < 4.78 is 0. The van der Waals surface area contributed by atoms with Crippen LogP contribution in [0.2, 0.25) is 0 Å². The summed E-state index contributed by atoms with van der Waals surface area (Å²) in [4.78, 5) is 48.7. The Morgan fingerprint density at radius 2 is 1.91 bits per heavy atom. The van der Waals surface area contributed by atoms with Crippen molar-refractivity contribution in [1.29, 1.82) is 0 Å². The van der Waals surface area contributed by atoms with E-state index < -0.39 is 40.8 Å². The SMILES string of the molecule is CC(C)NC(=O)C=CSC1=C(C(=O)O)N2C(=O)[C@@H]([C@H](C)O)[C@@H]2C1Cc1ccc([N+](=O)[O-])cc1. The fourth-order valence-corrected chi connectivity index (χ4v) is 5.27. The first kappa shape index (κ1) is 24.5. The fourth-order valence-electron chi connectivity index (χ4n) is 4.24. The van der Waals surface area contributed by atoms with Crippen molar-refractivity contribution in [2.75, 3.05) is 0 Å². The van der Waals surface area contributed by atoms with Crippen molar-refractivity contribution in [2.24, 2.45) is 11.8 Å². The van der Waals surface area contributed by atoms with Crippen LogP contribution in [-0.4, -0.2) is 56.0 Å². The number of aliphatic carboxylic acids is 1. The number of nitro groups is 1. The molecule has 1 saturated heterocycles. The van der Waals surface area contributed by atoms with E-state index in [0.717, 1.165) is 17.3 Å². The number of β-lactam (4-membered cyclic amide) rings is 1. The van der Waals surface area contributed by atoms with Crippen LogP contribution in [0.4, 0.5) is 5.69 Å². The minimum atomic E-state index is -1.27. The number of carbonyl (C=O) groups is 3. The van der Waals surface area contributed by atoms with Gasteiger partial charge < -0.3 is 20.4 Å². The Labute approximate surface area is 194 Å². The largest absolute Gasteiger partial charge is 0.477 e. The molecule has 2 aliphatic rings. The lowest BCUT2D eigenvalue weighted by atomic mass is 9.76. The number of thioether (sulfide) groups is 1. The second kappa shape index (κ2) is 9.75. The van der Waals surface area contributed by atoms with Gasteiger partial charge in [0.2, 0.25) is 11.8 Å². The summed E-state index contributed by atoms with van der Waals surface area (Å²) in [5, 5.41) is 35.1. The molecule has 4 atom stereocenters. The van der Waals surface area contributed by atoms with Crippen LogP contribution in [0, 0.1) is 22.0 Å². The first-order valence-electron chi connectivity index (χ1n) is 10.4. The number of benzene rings is 1. The molecule has 33 heavy (non-hydrogen) atoms. The summed E-state index contributed by atoms with van der Waals surface area (Å²) >= 11 is 1.05. The van der Waals surface area contributed by atoms with E-state index in [1.807, 2.05) is 13.8 Å². The van der Waals surface area contributed by atoms with E-state index in [-0.39, 0.29) is 23.3 Å². The Hall–Kier alpha value is -3.18. The van der Waals surface area contributed by atoms with Crippen LogP contribution < -0.4 is 5.32 Å². The van der Waals surface area contributed by atoms with Crippen molar-refractivity contribution in [3.63, 3.8) is 0 Å². The predicted molar refractivity (Wildman–Crippen MR) is 121 cm³/mol. The van der Waals surface area contributed by atoms with Gasteiger partial charge in [-0.25, -0.2) is 4.79 Å². The van der Waals surface area contributed by atoms with Gasteiger partial charge in [0.1, 0.15) is 5.70 Å². The Bertz CT molecular complexity index is 1030. The molecule has 0 aliphatic carbocycles. The molecule has 0 radical (unpaired) electrons. The second-order valence-electron chi connectivity index (χ2n) is 8.30. The van der Waals surface area contributed by atoms with Gasteiger partial charge in [-0.1, -0.05) is 23.9 Å². The highest BCUT2D eigenvalue weighted by Crippen LogP contribution is 2.52. The Kier molecular flexibility index (Phi) is 7.23. The molecule has 1 aromatic carbocycles. The van der Waals surface area contributed by atoms with Gasteiger partial charge >= 0.3 is 5.97 Å². The average Bonchev–Trinajstić information content (AvgIpc) is 2.97. The first-order chi connectivity index (χ1) is 15.5. The minimum absolute atomic E-state index is 0.0614. The molecular formula is C22H25N3O7S. The fraction of sp³-hybridized carbons (Fsp3) is 0.409. The molecule has 2 amide bonds. The molecule has 11 heteroatoms. The molecule has 2 heterocycles. The quantitative estimate of drug-likeness (QED) is 0.213. The van der Waals surface area contributed by atoms with Gasteiger partial charge in [0, 0.05) is 35.1 Å². The van der Waals surface area contributed by atoms with Crippen molar-refractivity contribution < 1.29 is 29.5 Å². The van der Waals surface area contributed by atoms with Gasteiger partial charge in [-0.05, 0) is 38.2 Å². The number of fused-ring (bicyclic) bond motifs is 1. The van der Waals surface area contributed by atoms with E-state index in [9.17, 15) is 34.7 Å². The number of nitrogens with zero attached hydrogens (tertiary/aromatic N) is 2. The van der Waals surface area contributed by atoms with Crippen LogP contribution in [0.3, 0.4) is 0 Å². The molecule has 3 rings (SSSR count). The molecule has 0 aromatic heterocycles. The van der Waals surface area contributed by atoms with Crippen molar-refractivity contribution in [3.05, 3.63) is 62.0 Å². The molecule has 0 spiro atoms. The first-order valence-corrected chi connectivity index (χ1v) is 11.3. The lowest BCUT2D eigenvalue weighted by Crippen LogP contribution is -2.64. The van der Waals surface area contributed by atoms with Crippen LogP contribution in [-0.2, 0) is 20.8 Å². The van der Waals surface area contributed by atoms with E-state index in [4.69, 9.17) is 0 Å². The number of aliphatic hydroxyl groups excluding tert-OH is 1. The summed E-state index contributed by atoms with van der Waals surface area (Å²) in [7, 11) is 0. The number of nitro benzene ring substituents is 1. The molecule has 2 aliphatic heterocycles. The van der Waals surface area contributed by atoms with Crippen molar-refractivity contribution >= 4 is 35.2 Å². The standard InChI is InChI=1S/C22H25N3O7S/c1-11(2)23-16(27)8-9-33-20-15(10-13-4-6-14(7-5-13)25(31)32)18-17(12(3)26)21(28)24(18)19(20)22(29)30/h4-9,11-12,15,17-18,26H,10H2,1-3H3,(H,23,27)(H,29,30)/t12-,15?,17-,18-/m0/s1. The zero-order valence-electron chi connectivity index (χ0n) is 18.3. The zero-order chi connectivity index (χ0) is 24.4. The Morgan fingerprint density at radius 1 is 1.27 bits per heavy atom. The maximum Gasteiger partial charge on any atom is 0.353 e. The topological polar surface area (TPSA) is 150 Å². The van der Waals surface area contributed by atoms with Crippen molar-refractivity contribution in [3.8, 4) is 0 Å². The van der Waals surface area contributed by atoms with E-state index in [2.05, 4.69) is 5.32 Å². The molecule has 0 saturated carbocycles. The number of carboxylic acid groups (broad SMARTS) is 1. The van der Waals surface area contributed by atoms with Gasteiger partial charge in [-0.15, -0.1) is 0 Å². The molecule has 3 N–H and O–H groups in total. The predicted octanol–water partition coefficient (Wildman–Crippen LogP) is 2.04. The third-order valence-electron chi connectivity index (χ3n) is 5.58.